The van der Waals surface area contributed by atoms with Gasteiger partial charge in [0.05, 0.1) is 10.9 Å². The van der Waals surface area contributed by atoms with Gasteiger partial charge in [-0.2, -0.15) is 0 Å². The van der Waals surface area contributed by atoms with Gasteiger partial charge < -0.3 is 9.73 Å². The number of carbonyl (C=O) groups is 1. The standard InChI is InChI=1S/C23H18N2O3/c1-14-10-11-16(12-15(14)2)21(26)24-18-7-5-6-17(13-18)22-25-20-9-4-3-8-19(20)23(27)28-22/h3-13H,1-2H3,(H,24,26). The molecule has 4 aromatic rings. The SMILES string of the molecule is Cc1ccc(C(=O)Nc2cccc(-c3nc4ccccc4c(=O)o3)c2)cc1C. The Morgan fingerprint density at radius 1 is 0.929 bits per heavy atom. The predicted molar refractivity (Wildman–Crippen MR) is 110 cm³/mol. The number of amides is 1. The van der Waals surface area contributed by atoms with Crippen LogP contribution in [-0.2, 0) is 0 Å². The van der Waals surface area contributed by atoms with E-state index in [9.17, 15) is 9.59 Å². The molecule has 1 heterocycles. The van der Waals surface area contributed by atoms with Gasteiger partial charge in [-0.25, -0.2) is 9.78 Å². The van der Waals surface area contributed by atoms with Crippen molar-refractivity contribution >= 4 is 22.5 Å². The molecule has 0 atom stereocenters. The van der Waals surface area contributed by atoms with E-state index in [0.717, 1.165) is 11.1 Å². The predicted octanol–water partition coefficient (Wildman–Crippen LogP) is 4.72. The Morgan fingerprint density at radius 2 is 1.75 bits per heavy atom. The molecule has 1 amide bonds. The summed E-state index contributed by atoms with van der Waals surface area (Å²) in [7, 11) is 0. The molecule has 5 nitrogen and oxygen atoms in total. The molecular formula is C23H18N2O3. The van der Waals surface area contributed by atoms with E-state index in [2.05, 4.69) is 10.3 Å². The van der Waals surface area contributed by atoms with Crippen molar-refractivity contribution in [1.29, 1.82) is 0 Å². The van der Waals surface area contributed by atoms with E-state index in [1.807, 2.05) is 32.0 Å². The minimum Gasteiger partial charge on any atom is -0.403 e. The minimum atomic E-state index is -0.440. The topological polar surface area (TPSA) is 72.2 Å². The third-order valence-electron chi connectivity index (χ3n) is 4.67. The summed E-state index contributed by atoms with van der Waals surface area (Å²) in [5.41, 5.74) is 4.12. The van der Waals surface area contributed by atoms with E-state index in [1.165, 1.54) is 0 Å². The Balaban J connectivity index is 1.65. The van der Waals surface area contributed by atoms with E-state index in [-0.39, 0.29) is 11.8 Å². The molecule has 0 fully saturated rings. The molecule has 0 saturated heterocycles. The molecule has 0 spiro atoms. The number of rotatable bonds is 3. The number of fused-ring (bicyclic) bond motifs is 1. The molecule has 0 aliphatic rings. The van der Waals surface area contributed by atoms with Gasteiger partial charge in [0.1, 0.15) is 0 Å². The number of aromatic nitrogens is 1. The van der Waals surface area contributed by atoms with Gasteiger partial charge in [0, 0.05) is 16.8 Å². The molecule has 5 heteroatoms. The third kappa shape index (κ3) is 3.42. The highest BCUT2D eigenvalue weighted by atomic mass is 16.4. The van der Waals surface area contributed by atoms with Gasteiger partial charge in [0.25, 0.3) is 5.91 Å². The van der Waals surface area contributed by atoms with Crippen LogP contribution in [0.2, 0.25) is 0 Å². The van der Waals surface area contributed by atoms with Crippen LogP contribution in [0.1, 0.15) is 21.5 Å². The molecular weight excluding hydrogens is 352 g/mol. The van der Waals surface area contributed by atoms with Gasteiger partial charge in [-0.05, 0) is 67.4 Å². The molecule has 0 radical (unpaired) electrons. The lowest BCUT2D eigenvalue weighted by Gasteiger charge is -2.08. The summed E-state index contributed by atoms with van der Waals surface area (Å²) in [6.45, 7) is 3.98. The van der Waals surface area contributed by atoms with Gasteiger partial charge in [-0.15, -0.1) is 0 Å². The molecule has 1 aromatic heterocycles. The van der Waals surface area contributed by atoms with E-state index < -0.39 is 5.63 Å². The Hall–Kier alpha value is -3.73. The average Bonchev–Trinajstić information content (AvgIpc) is 2.70. The zero-order valence-corrected chi connectivity index (χ0v) is 15.5. The van der Waals surface area contributed by atoms with E-state index in [1.54, 1.807) is 48.5 Å². The van der Waals surface area contributed by atoms with Gasteiger partial charge in [0.15, 0.2) is 0 Å². The van der Waals surface area contributed by atoms with Gasteiger partial charge in [0.2, 0.25) is 5.89 Å². The number of nitrogens with one attached hydrogen (secondary N) is 1. The lowest BCUT2D eigenvalue weighted by molar-refractivity contribution is 0.102. The zero-order chi connectivity index (χ0) is 19.7. The van der Waals surface area contributed by atoms with Crippen LogP contribution in [0, 0.1) is 13.8 Å². The summed E-state index contributed by atoms with van der Waals surface area (Å²) in [4.78, 5) is 29.2. The first-order valence-corrected chi connectivity index (χ1v) is 8.90. The summed E-state index contributed by atoms with van der Waals surface area (Å²) < 4.78 is 5.37. The molecule has 3 aromatic carbocycles. The Morgan fingerprint density at radius 3 is 2.57 bits per heavy atom. The first-order valence-electron chi connectivity index (χ1n) is 8.90. The summed E-state index contributed by atoms with van der Waals surface area (Å²) in [6.07, 6.45) is 0. The van der Waals surface area contributed by atoms with Crippen molar-refractivity contribution < 1.29 is 9.21 Å². The molecule has 0 saturated carbocycles. The molecule has 1 N–H and O–H groups in total. The first kappa shape index (κ1) is 17.7. The van der Waals surface area contributed by atoms with E-state index in [4.69, 9.17) is 4.42 Å². The lowest BCUT2D eigenvalue weighted by atomic mass is 10.1. The zero-order valence-electron chi connectivity index (χ0n) is 15.5. The fourth-order valence-corrected chi connectivity index (χ4v) is 2.96. The van der Waals surface area contributed by atoms with Crippen molar-refractivity contribution in [3.8, 4) is 11.5 Å². The number of para-hydroxylation sites is 1. The number of hydrogen-bond donors (Lipinski definition) is 1. The van der Waals surface area contributed by atoms with E-state index >= 15 is 0 Å². The van der Waals surface area contributed by atoms with Crippen LogP contribution in [-0.4, -0.2) is 10.9 Å². The summed E-state index contributed by atoms with van der Waals surface area (Å²) in [6, 6.07) is 19.7. The van der Waals surface area contributed by atoms with Crippen LogP contribution in [0.3, 0.4) is 0 Å². The normalized spacial score (nSPS) is 10.8. The molecule has 28 heavy (non-hydrogen) atoms. The Labute approximate surface area is 161 Å². The second kappa shape index (κ2) is 7.12. The minimum absolute atomic E-state index is 0.201. The monoisotopic (exact) mass is 370 g/mol. The van der Waals surface area contributed by atoms with Crippen LogP contribution < -0.4 is 10.9 Å². The van der Waals surface area contributed by atoms with Crippen molar-refractivity contribution in [2.75, 3.05) is 5.32 Å². The lowest BCUT2D eigenvalue weighted by Crippen LogP contribution is -2.12. The third-order valence-corrected chi connectivity index (χ3v) is 4.67. The van der Waals surface area contributed by atoms with Crippen molar-refractivity contribution in [1.82, 2.24) is 4.98 Å². The maximum Gasteiger partial charge on any atom is 0.347 e. The van der Waals surface area contributed by atoms with Crippen molar-refractivity contribution in [2.24, 2.45) is 0 Å². The quantitative estimate of drug-likeness (QED) is 0.566. The highest BCUT2D eigenvalue weighted by molar-refractivity contribution is 6.04. The Kier molecular flexibility index (Phi) is 4.49. The maximum absolute atomic E-state index is 12.6. The van der Waals surface area contributed by atoms with Gasteiger partial charge >= 0.3 is 5.63 Å². The summed E-state index contributed by atoms with van der Waals surface area (Å²) >= 11 is 0. The smallest absolute Gasteiger partial charge is 0.347 e. The Bertz CT molecular complexity index is 1260. The molecule has 4 rings (SSSR count). The summed E-state index contributed by atoms with van der Waals surface area (Å²) in [5.74, 6) is 0.0131. The van der Waals surface area contributed by atoms with Crippen molar-refractivity contribution in [3.63, 3.8) is 0 Å². The molecule has 0 aliphatic carbocycles. The molecule has 0 unspecified atom stereocenters. The fraction of sp³-hybridized carbons (Fsp3) is 0.0870. The van der Waals surface area contributed by atoms with Gasteiger partial charge in [-0.3, -0.25) is 4.79 Å². The van der Waals surface area contributed by atoms with Crippen LogP contribution in [0.5, 0.6) is 0 Å². The number of anilines is 1. The molecule has 0 bridgehead atoms. The second-order valence-electron chi connectivity index (χ2n) is 6.66. The van der Waals surface area contributed by atoms with Crippen LogP contribution in [0.4, 0.5) is 5.69 Å². The van der Waals surface area contributed by atoms with Crippen LogP contribution in [0.25, 0.3) is 22.4 Å². The van der Waals surface area contributed by atoms with Crippen LogP contribution >= 0.6 is 0 Å². The molecule has 0 aliphatic heterocycles. The second-order valence-corrected chi connectivity index (χ2v) is 6.66. The number of carbonyl (C=O) groups excluding carboxylic acids is 1. The number of nitrogens with zero attached hydrogens (tertiary/aromatic N) is 1. The summed E-state index contributed by atoms with van der Waals surface area (Å²) in [5, 5.41) is 3.32. The number of aryl methyl sites for hydroxylation is 2. The largest absolute Gasteiger partial charge is 0.403 e. The fourth-order valence-electron chi connectivity index (χ4n) is 2.96. The number of hydrogen-bond acceptors (Lipinski definition) is 4. The van der Waals surface area contributed by atoms with Crippen LogP contribution in [0.15, 0.2) is 75.9 Å². The maximum atomic E-state index is 12.6. The molecule has 138 valence electrons. The van der Waals surface area contributed by atoms with Gasteiger partial charge in [-0.1, -0.05) is 24.3 Å². The van der Waals surface area contributed by atoms with Crippen molar-refractivity contribution in [3.05, 3.63) is 93.8 Å². The average molecular weight is 370 g/mol. The highest BCUT2D eigenvalue weighted by Crippen LogP contribution is 2.22. The van der Waals surface area contributed by atoms with E-state index in [0.29, 0.717) is 27.7 Å². The highest BCUT2D eigenvalue weighted by Gasteiger charge is 2.11. The first-order chi connectivity index (χ1) is 13.5. The van der Waals surface area contributed by atoms with Crippen molar-refractivity contribution in [2.45, 2.75) is 13.8 Å². The number of benzene rings is 3.